The summed E-state index contributed by atoms with van der Waals surface area (Å²) in [6.07, 6.45) is 2.43. The molecule has 1 saturated heterocycles. The molecule has 1 aliphatic rings. The van der Waals surface area contributed by atoms with Crippen molar-refractivity contribution in [2.45, 2.75) is 18.9 Å². The number of halogens is 1. The zero-order chi connectivity index (χ0) is 17.6. The van der Waals surface area contributed by atoms with Crippen LogP contribution in [0.15, 0.2) is 53.0 Å². The fraction of sp³-hybridized carbons (Fsp3) is 0.350. The Morgan fingerprint density at radius 1 is 1.20 bits per heavy atom. The van der Waals surface area contributed by atoms with Gasteiger partial charge >= 0.3 is 0 Å². The average molecular weight is 403 g/mol. The van der Waals surface area contributed by atoms with Gasteiger partial charge in [-0.2, -0.15) is 0 Å². The highest BCUT2D eigenvalue weighted by molar-refractivity contribution is 9.10. The smallest absolute Gasteiger partial charge is 0.251 e. The fourth-order valence-electron chi connectivity index (χ4n) is 3.26. The first-order chi connectivity index (χ1) is 12.2. The minimum Gasteiger partial charge on any atom is -0.497 e. The van der Waals surface area contributed by atoms with Gasteiger partial charge in [-0.1, -0.05) is 34.1 Å². The number of nitrogens with one attached hydrogen (secondary N) is 1. The van der Waals surface area contributed by atoms with E-state index in [-0.39, 0.29) is 11.9 Å². The maximum Gasteiger partial charge on any atom is 0.251 e. The molecule has 1 fully saturated rings. The molecule has 1 unspecified atom stereocenters. The van der Waals surface area contributed by atoms with E-state index in [1.165, 1.54) is 18.4 Å². The van der Waals surface area contributed by atoms with Crippen LogP contribution in [0, 0.1) is 0 Å². The summed E-state index contributed by atoms with van der Waals surface area (Å²) < 4.78 is 6.16. The molecule has 2 aromatic carbocycles. The van der Waals surface area contributed by atoms with E-state index >= 15 is 0 Å². The Bertz CT molecular complexity index is 712. The fourth-order valence-corrected chi connectivity index (χ4v) is 3.66. The second kappa shape index (κ2) is 8.50. The lowest BCUT2D eigenvalue weighted by Crippen LogP contribution is -2.36. The van der Waals surface area contributed by atoms with Crippen LogP contribution in [0.1, 0.15) is 34.8 Å². The molecule has 1 aliphatic heterocycles. The van der Waals surface area contributed by atoms with Crippen molar-refractivity contribution in [3.05, 3.63) is 64.1 Å². The molecular weight excluding hydrogens is 380 g/mol. The van der Waals surface area contributed by atoms with Gasteiger partial charge in [-0.05, 0) is 61.8 Å². The van der Waals surface area contributed by atoms with Crippen LogP contribution in [-0.4, -0.2) is 37.6 Å². The molecule has 5 heteroatoms. The van der Waals surface area contributed by atoms with Crippen molar-refractivity contribution in [1.29, 1.82) is 0 Å². The Kier molecular flexibility index (Phi) is 6.10. The maximum absolute atomic E-state index is 12.5. The van der Waals surface area contributed by atoms with E-state index in [0.717, 1.165) is 23.3 Å². The Labute approximate surface area is 157 Å². The Morgan fingerprint density at radius 3 is 2.56 bits per heavy atom. The van der Waals surface area contributed by atoms with Gasteiger partial charge in [0.25, 0.3) is 5.91 Å². The molecule has 1 atom stereocenters. The summed E-state index contributed by atoms with van der Waals surface area (Å²) in [5.41, 5.74) is 1.88. The van der Waals surface area contributed by atoms with Crippen LogP contribution in [0.4, 0.5) is 0 Å². The number of methoxy groups -OCH3 is 1. The zero-order valence-electron chi connectivity index (χ0n) is 14.4. The molecule has 1 heterocycles. The molecule has 3 rings (SSSR count). The molecule has 132 valence electrons. The van der Waals surface area contributed by atoms with Crippen molar-refractivity contribution in [2.75, 3.05) is 26.7 Å². The first-order valence-electron chi connectivity index (χ1n) is 8.59. The van der Waals surface area contributed by atoms with Crippen molar-refractivity contribution in [3.8, 4) is 5.75 Å². The number of carbonyl (C=O) groups is 1. The predicted octanol–water partition coefficient (Wildman–Crippen LogP) is 4.02. The summed E-state index contributed by atoms with van der Waals surface area (Å²) in [4.78, 5) is 14.9. The van der Waals surface area contributed by atoms with E-state index < -0.39 is 0 Å². The Hall–Kier alpha value is -1.85. The van der Waals surface area contributed by atoms with Gasteiger partial charge in [-0.25, -0.2) is 0 Å². The summed E-state index contributed by atoms with van der Waals surface area (Å²) in [6, 6.07) is 15.8. The van der Waals surface area contributed by atoms with Gasteiger partial charge in [0, 0.05) is 16.6 Å². The van der Waals surface area contributed by atoms with Crippen LogP contribution in [0.3, 0.4) is 0 Å². The molecule has 0 radical (unpaired) electrons. The summed E-state index contributed by atoms with van der Waals surface area (Å²) in [7, 11) is 1.67. The number of hydrogen-bond acceptors (Lipinski definition) is 3. The predicted molar refractivity (Wildman–Crippen MR) is 103 cm³/mol. The number of benzene rings is 2. The SMILES string of the molecule is COc1ccc(C(CNC(=O)c2cccc(Br)c2)N2CCCC2)cc1. The standard InChI is InChI=1S/C20H23BrN2O2/c1-25-18-9-7-15(8-10-18)19(23-11-2-3-12-23)14-22-20(24)16-5-4-6-17(21)13-16/h4-10,13,19H,2-3,11-12,14H2,1H3,(H,22,24). The number of likely N-dealkylation sites (tertiary alicyclic amines) is 1. The summed E-state index contributed by atoms with van der Waals surface area (Å²) >= 11 is 3.41. The minimum absolute atomic E-state index is 0.0426. The largest absolute Gasteiger partial charge is 0.497 e. The van der Waals surface area contributed by atoms with Crippen molar-refractivity contribution < 1.29 is 9.53 Å². The highest BCUT2D eigenvalue weighted by Crippen LogP contribution is 2.26. The number of rotatable bonds is 6. The van der Waals surface area contributed by atoms with Crippen LogP contribution in [-0.2, 0) is 0 Å². The zero-order valence-corrected chi connectivity index (χ0v) is 16.0. The van der Waals surface area contributed by atoms with Gasteiger partial charge in [0.15, 0.2) is 0 Å². The summed E-state index contributed by atoms with van der Waals surface area (Å²) in [5, 5.41) is 3.10. The van der Waals surface area contributed by atoms with Gasteiger partial charge in [0.05, 0.1) is 13.2 Å². The first-order valence-corrected chi connectivity index (χ1v) is 9.38. The van der Waals surface area contributed by atoms with Crippen molar-refractivity contribution in [3.63, 3.8) is 0 Å². The quantitative estimate of drug-likeness (QED) is 0.792. The molecular formula is C20H23BrN2O2. The van der Waals surface area contributed by atoms with Gasteiger partial charge in [0.1, 0.15) is 5.75 Å². The monoisotopic (exact) mass is 402 g/mol. The molecule has 0 saturated carbocycles. The van der Waals surface area contributed by atoms with E-state index in [9.17, 15) is 4.79 Å². The van der Waals surface area contributed by atoms with E-state index in [1.807, 2.05) is 36.4 Å². The van der Waals surface area contributed by atoms with Gasteiger partial charge in [0.2, 0.25) is 0 Å². The van der Waals surface area contributed by atoms with Gasteiger partial charge in [-0.15, -0.1) is 0 Å². The van der Waals surface area contributed by atoms with Crippen molar-refractivity contribution in [1.82, 2.24) is 10.2 Å². The van der Waals surface area contributed by atoms with Crippen LogP contribution in [0.25, 0.3) is 0 Å². The van der Waals surface area contributed by atoms with Crippen molar-refractivity contribution >= 4 is 21.8 Å². The van der Waals surface area contributed by atoms with Crippen LogP contribution < -0.4 is 10.1 Å². The lowest BCUT2D eigenvalue weighted by Gasteiger charge is -2.28. The lowest BCUT2D eigenvalue weighted by molar-refractivity contribution is 0.0938. The normalized spacial score (nSPS) is 15.8. The number of carbonyl (C=O) groups excluding carboxylic acids is 1. The Morgan fingerprint density at radius 2 is 1.92 bits per heavy atom. The summed E-state index contributed by atoms with van der Waals surface area (Å²) in [5.74, 6) is 0.807. The van der Waals surface area contributed by atoms with E-state index in [0.29, 0.717) is 12.1 Å². The molecule has 4 nitrogen and oxygen atoms in total. The number of ether oxygens (including phenoxy) is 1. The maximum atomic E-state index is 12.5. The second-order valence-electron chi connectivity index (χ2n) is 6.25. The number of nitrogens with zero attached hydrogens (tertiary/aromatic N) is 1. The molecule has 2 aromatic rings. The molecule has 0 aliphatic carbocycles. The first kappa shape index (κ1) is 18.0. The lowest BCUT2D eigenvalue weighted by atomic mass is 10.0. The number of hydrogen-bond donors (Lipinski definition) is 1. The third-order valence-electron chi connectivity index (χ3n) is 4.62. The highest BCUT2D eigenvalue weighted by atomic mass is 79.9. The molecule has 25 heavy (non-hydrogen) atoms. The van der Waals surface area contributed by atoms with Gasteiger partial charge < -0.3 is 10.1 Å². The molecule has 0 bridgehead atoms. The number of amides is 1. The van der Waals surface area contributed by atoms with Crippen LogP contribution in [0.5, 0.6) is 5.75 Å². The molecule has 0 spiro atoms. The van der Waals surface area contributed by atoms with Crippen LogP contribution >= 0.6 is 15.9 Å². The molecule has 1 amide bonds. The van der Waals surface area contributed by atoms with Crippen molar-refractivity contribution in [2.24, 2.45) is 0 Å². The van der Waals surface area contributed by atoms with E-state index in [4.69, 9.17) is 4.74 Å². The Balaban J connectivity index is 1.72. The molecule has 1 N–H and O–H groups in total. The van der Waals surface area contributed by atoms with E-state index in [1.54, 1.807) is 7.11 Å². The third kappa shape index (κ3) is 4.61. The van der Waals surface area contributed by atoms with E-state index in [2.05, 4.69) is 38.3 Å². The average Bonchev–Trinajstić information content (AvgIpc) is 3.16. The highest BCUT2D eigenvalue weighted by Gasteiger charge is 2.24. The topological polar surface area (TPSA) is 41.6 Å². The van der Waals surface area contributed by atoms with Gasteiger partial charge in [-0.3, -0.25) is 9.69 Å². The third-order valence-corrected chi connectivity index (χ3v) is 5.12. The molecule has 0 aromatic heterocycles. The second-order valence-corrected chi connectivity index (χ2v) is 7.17. The van der Waals surface area contributed by atoms with Crippen LogP contribution in [0.2, 0.25) is 0 Å². The summed E-state index contributed by atoms with van der Waals surface area (Å²) in [6.45, 7) is 2.74. The minimum atomic E-state index is -0.0426.